The molecule has 1 aliphatic heterocycles. The molecule has 0 radical (unpaired) electrons. The molecule has 1 heterocycles. The second-order valence-electron chi connectivity index (χ2n) is 4.55. The van der Waals surface area contributed by atoms with Crippen LogP contribution < -0.4 is 5.73 Å². The first-order valence-electron chi connectivity index (χ1n) is 5.11. The third-order valence-electron chi connectivity index (χ3n) is 2.69. The van der Waals surface area contributed by atoms with E-state index in [4.69, 9.17) is 10.5 Å². The Morgan fingerprint density at radius 1 is 1.57 bits per heavy atom. The Hall–Kier alpha value is -0.610. The van der Waals surface area contributed by atoms with E-state index in [-0.39, 0.29) is 17.9 Å². The SMILES string of the molecule is CC(C)(CN)CCN1CCOCC1=O. The molecule has 82 valence electrons. The number of carbonyl (C=O) groups is 1. The topological polar surface area (TPSA) is 55.6 Å². The van der Waals surface area contributed by atoms with E-state index in [1.165, 1.54) is 0 Å². The van der Waals surface area contributed by atoms with Crippen LogP contribution in [0.15, 0.2) is 0 Å². The number of rotatable bonds is 4. The smallest absolute Gasteiger partial charge is 0.248 e. The van der Waals surface area contributed by atoms with Crippen LogP contribution in [0.3, 0.4) is 0 Å². The Bertz CT molecular complexity index is 204. The van der Waals surface area contributed by atoms with E-state index >= 15 is 0 Å². The molecule has 1 amide bonds. The fraction of sp³-hybridized carbons (Fsp3) is 0.900. The highest BCUT2D eigenvalue weighted by Crippen LogP contribution is 2.18. The van der Waals surface area contributed by atoms with Gasteiger partial charge in [-0.25, -0.2) is 0 Å². The van der Waals surface area contributed by atoms with Gasteiger partial charge in [-0.3, -0.25) is 4.79 Å². The average Bonchev–Trinajstić information content (AvgIpc) is 2.17. The molecule has 0 aromatic carbocycles. The normalized spacial score (nSPS) is 18.8. The number of morpholine rings is 1. The molecule has 0 spiro atoms. The molecule has 2 N–H and O–H groups in total. The van der Waals surface area contributed by atoms with E-state index in [1.54, 1.807) is 0 Å². The highest BCUT2D eigenvalue weighted by atomic mass is 16.5. The third kappa shape index (κ3) is 3.27. The highest BCUT2D eigenvalue weighted by molar-refractivity contribution is 5.77. The van der Waals surface area contributed by atoms with Crippen molar-refractivity contribution in [1.29, 1.82) is 0 Å². The fourth-order valence-corrected chi connectivity index (χ4v) is 1.33. The number of hydrogen-bond acceptors (Lipinski definition) is 3. The summed E-state index contributed by atoms with van der Waals surface area (Å²) in [6.45, 7) is 7.32. The third-order valence-corrected chi connectivity index (χ3v) is 2.69. The molecule has 1 saturated heterocycles. The summed E-state index contributed by atoms with van der Waals surface area (Å²) in [5.74, 6) is 0.101. The van der Waals surface area contributed by atoms with E-state index in [1.807, 2.05) is 4.90 Å². The van der Waals surface area contributed by atoms with Crippen molar-refractivity contribution in [2.45, 2.75) is 20.3 Å². The van der Waals surface area contributed by atoms with Crippen molar-refractivity contribution in [3.05, 3.63) is 0 Å². The van der Waals surface area contributed by atoms with Gasteiger partial charge in [0.05, 0.1) is 6.61 Å². The van der Waals surface area contributed by atoms with Gasteiger partial charge < -0.3 is 15.4 Å². The van der Waals surface area contributed by atoms with Gasteiger partial charge in [0.1, 0.15) is 6.61 Å². The molecule has 4 nitrogen and oxygen atoms in total. The lowest BCUT2D eigenvalue weighted by Crippen LogP contribution is -2.43. The molecule has 0 aromatic rings. The van der Waals surface area contributed by atoms with Gasteiger partial charge in [0.2, 0.25) is 5.91 Å². The maximum Gasteiger partial charge on any atom is 0.248 e. The molecule has 0 aliphatic carbocycles. The molecular formula is C10H20N2O2. The maximum absolute atomic E-state index is 11.4. The molecule has 0 aromatic heterocycles. The summed E-state index contributed by atoms with van der Waals surface area (Å²) in [6, 6.07) is 0. The van der Waals surface area contributed by atoms with Gasteiger partial charge in [-0.2, -0.15) is 0 Å². The van der Waals surface area contributed by atoms with Crippen molar-refractivity contribution < 1.29 is 9.53 Å². The molecule has 0 atom stereocenters. The van der Waals surface area contributed by atoms with Crippen molar-refractivity contribution in [2.75, 3.05) is 32.8 Å². The summed E-state index contributed by atoms with van der Waals surface area (Å²) in [7, 11) is 0. The molecule has 0 bridgehead atoms. The number of amides is 1. The van der Waals surface area contributed by atoms with Gasteiger partial charge >= 0.3 is 0 Å². The average molecular weight is 200 g/mol. The maximum atomic E-state index is 11.4. The number of ether oxygens (including phenoxy) is 1. The molecule has 4 heteroatoms. The van der Waals surface area contributed by atoms with Crippen molar-refractivity contribution in [1.82, 2.24) is 4.90 Å². The van der Waals surface area contributed by atoms with Crippen LogP contribution in [-0.4, -0.2) is 43.7 Å². The van der Waals surface area contributed by atoms with Crippen molar-refractivity contribution in [2.24, 2.45) is 11.1 Å². The van der Waals surface area contributed by atoms with Gasteiger partial charge in [-0.05, 0) is 18.4 Å². The standard InChI is InChI=1S/C10H20N2O2/c1-10(2,8-11)3-4-12-5-6-14-7-9(12)13/h3-8,11H2,1-2H3. The predicted octanol–water partition coefficient (Wildman–Crippen LogP) is 0.220. The minimum Gasteiger partial charge on any atom is -0.370 e. The van der Waals surface area contributed by atoms with Crippen LogP contribution in [0.4, 0.5) is 0 Å². The van der Waals surface area contributed by atoms with Crippen LogP contribution in [0.1, 0.15) is 20.3 Å². The van der Waals surface area contributed by atoms with Gasteiger partial charge in [-0.15, -0.1) is 0 Å². The van der Waals surface area contributed by atoms with E-state index in [2.05, 4.69) is 13.8 Å². The number of nitrogens with zero attached hydrogens (tertiary/aromatic N) is 1. The van der Waals surface area contributed by atoms with Crippen molar-refractivity contribution >= 4 is 5.91 Å². The lowest BCUT2D eigenvalue weighted by Gasteiger charge is -2.30. The number of carbonyl (C=O) groups excluding carboxylic acids is 1. The zero-order valence-corrected chi connectivity index (χ0v) is 9.08. The second kappa shape index (κ2) is 4.75. The molecule has 1 fully saturated rings. The summed E-state index contributed by atoms with van der Waals surface area (Å²) in [4.78, 5) is 13.2. The monoisotopic (exact) mass is 200 g/mol. The summed E-state index contributed by atoms with van der Waals surface area (Å²) >= 11 is 0. The minimum absolute atomic E-state index is 0.101. The van der Waals surface area contributed by atoms with Crippen LogP contribution in [0, 0.1) is 5.41 Å². The Morgan fingerprint density at radius 3 is 2.86 bits per heavy atom. The summed E-state index contributed by atoms with van der Waals surface area (Å²) in [5, 5.41) is 0. The lowest BCUT2D eigenvalue weighted by molar-refractivity contribution is -0.142. The Balaban J connectivity index is 2.33. The van der Waals surface area contributed by atoms with Gasteiger partial charge in [0.15, 0.2) is 0 Å². The molecule has 14 heavy (non-hydrogen) atoms. The van der Waals surface area contributed by atoms with Gasteiger partial charge in [0, 0.05) is 13.1 Å². The van der Waals surface area contributed by atoms with E-state index in [0.29, 0.717) is 13.2 Å². The van der Waals surface area contributed by atoms with Crippen LogP contribution in [-0.2, 0) is 9.53 Å². The second-order valence-corrected chi connectivity index (χ2v) is 4.55. The fourth-order valence-electron chi connectivity index (χ4n) is 1.33. The van der Waals surface area contributed by atoms with Crippen LogP contribution in [0.2, 0.25) is 0 Å². The minimum atomic E-state index is 0.101. The first kappa shape index (κ1) is 11.5. The molecular weight excluding hydrogens is 180 g/mol. The first-order valence-corrected chi connectivity index (χ1v) is 5.11. The number of hydrogen-bond donors (Lipinski definition) is 1. The zero-order valence-electron chi connectivity index (χ0n) is 9.08. The van der Waals surface area contributed by atoms with Gasteiger partial charge in [-0.1, -0.05) is 13.8 Å². The molecule has 0 unspecified atom stereocenters. The lowest BCUT2D eigenvalue weighted by atomic mass is 9.89. The van der Waals surface area contributed by atoms with Crippen LogP contribution in [0.5, 0.6) is 0 Å². The number of nitrogens with two attached hydrogens (primary N) is 1. The van der Waals surface area contributed by atoms with Crippen LogP contribution >= 0.6 is 0 Å². The highest BCUT2D eigenvalue weighted by Gasteiger charge is 2.22. The summed E-state index contributed by atoms with van der Waals surface area (Å²) < 4.78 is 5.05. The quantitative estimate of drug-likeness (QED) is 0.706. The van der Waals surface area contributed by atoms with E-state index in [9.17, 15) is 4.79 Å². The Morgan fingerprint density at radius 2 is 2.29 bits per heavy atom. The summed E-state index contributed by atoms with van der Waals surface area (Å²) in [6.07, 6.45) is 0.954. The largest absolute Gasteiger partial charge is 0.370 e. The first-order chi connectivity index (χ1) is 6.55. The predicted molar refractivity (Wildman–Crippen MR) is 54.9 cm³/mol. The van der Waals surface area contributed by atoms with Crippen molar-refractivity contribution in [3.8, 4) is 0 Å². The van der Waals surface area contributed by atoms with Crippen molar-refractivity contribution in [3.63, 3.8) is 0 Å². The molecule has 1 rings (SSSR count). The van der Waals surface area contributed by atoms with E-state index < -0.39 is 0 Å². The molecule has 0 saturated carbocycles. The molecule has 1 aliphatic rings. The van der Waals surface area contributed by atoms with Crippen LogP contribution in [0.25, 0.3) is 0 Å². The Kier molecular flexibility index (Phi) is 3.89. The van der Waals surface area contributed by atoms with Gasteiger partial charge in [0.25, 0.3) is 0 Å². The van der Waals surface area contributed by atoms with E-state index in [0.717, 1.165) is 19.5 Å². The summed E-state index contributed by atoms with van der Waals surface area (Å²) in [5.41, 5.74) is 5.75. The Labute approximate surface area is 85.4 Å². The zero-order chi connectivity index (χ0) is 10.6.